The maximum Gasteiger partial charge on any atom is 0.252 e. The van der Waals surface area contributed by atoms with E-state index in [2.05, 4.69) is 21.8 Å². The van der Waals surface area contributed by atoms with Gasteiger partial charge < -0.3 is 14.6 Å². The molecule has 0 saturated carbocycles. The summed E-state index contributed by atoms with van der Waals surface area (Å²) in [5.74, 6) is 1.09. The average Bonchev–Trinajstić information content (AvgIpc) is 2.92. The zero-order valence-corrected chi connectivity index (χ0v) is 13.3. The van der Waals surface area contributed by atoms with Crippen LogP contribution in [0, 0.1) is 0 Å². The first-order chi connectivity index (χ1) is 10.1. The molecular weight excluding hydrogens is 268 g/mol. The average molecular weight is 294 g/mol. The third-order valence-electron chi connectivity index (χ3n) is 3.71. The number of carbonyl (C=O) groups excluding carboxylic acids is 1. The number of unbranched alkanes of at least 4 members (excludes halogenated alkanes) is 1. The SMILES string of the molecule is CCCCc1ncc(CN2CCOC(C(=O)N(C)C)C2)[nH]1. The van der Waals surface area contributed by atoms with E-state index in [-0.39, 0.29) is 12.0 Å². The molecule has 2 rings (SSSR count). The van der Waals surface area contributed by atoms with E-state index in [0.717, 1.165) is 37.4 Å². The number of ether oxygens (including phenoxy) is 1. The third-order valence-corrected chi connectivity index (χ3v) is 3.71. The number of nitrogens with one attached hydrogen (secondary N) is 1. The van der Waals surface area contributed by atoms with Crippen LogP contribution >= 0.6 is 0 Å². The summed E-state index contributed by atoms with van der Waals surface area (Å²) in [6.45, 7) is 5.06. The van der Waals surface area contributed by atoms with E-state index >= 15 is 0 Å². The second-order valence-electron chi connectivity index (χ2n) is 5.79. The molecule has 0 radical (unpaired) electrons. The fourth-order valence-corrected chi connectivity index (χ4v) is 2.48. The maximum absolute atomic E-state index is 12.0. The number of aryl methyl sites for hydroxylation is 1. The molecule has 0 aliphatic carbocycles. The van der Waals surface area contributed by atoms with Crippen LogP contribution in [0.4, 0.5) is 0 Å². The lowest BCUT2D eigenvalue weighted by molar-refractivity contribution is -0.147. The number of rotatable bonds is 6. The Hall–Kier alpha value is -1.40. The fraction of sp³-hybridized carbons (Fsp3) is 0.733. The van der Waals surface area contributed by atoms with Crippen LogP contribution in [0.2, 0.25) is 0 Å². The van der Waals surface area contributed by atoms with E-state index in [1.165, 1.54) is 6.42 Å². The summed E-state index contributed by atoms with van der Waals surface area (Å²) in [6.07, 6.45) is 4.89. The van der Waals surface area contributed by atoms with Gasteiger partial charge in [-0.25, -0.2) is 4.98 Å². The number of likely N-dealkylation sites (N-methyl/N-ethyl adjacent to an activating group) is 1. The summed E-state index contributed by atoms with van der Waals surface area (Å²) in [5.41, 5.74) is 1.11. The highest BCUT2D eigenvalue weighted by atomic mass is 16.5. The van der Waals surface area contributed by atoms with E-state index in [1.54, 1.807) is 19.0 Å². The van der Waals surface area contributed by atoms with Crippen molar-refractivity contribution in [2.45, 2.75) is 38.8 Å². The summed E-state index contributed by atoms with van der Waals surface area (Å²) in [6, 6.07) is 0. The minimum atomic E-state index is -0.351. The van der Waals surface area contributed by atoms with Crippen LogP contribution in [0.25, 0.3) is 0 Å². The molecule has 2 heterocycles. The van der Waals surface area contributed by atoms with Crippen molar-refractivity contribution in [2.24, 2.45) is 0 Å². The summed E-state index contributed by atoms with van der Waals surface area (Å²) in [7, 11) is 3.53. The zero-order valence-electron chi connectivity index (χ0n) is 13.3. The smallest absolute Gasteiger partial charge is 0.252 e. The quantitative estimate of drug-likeness (QED) is 0.851. The molecule has 1 aliphatic rings. The molecule has 1 N–H and O–H groups in total. The fourth-order valence-electron chi connectivity index (χ4n) is 2.48. The molecule has 0 spiro atoms. The van der Waals surface area contributed by atoms with Gasteiger partial charge in [-0.2, -0.15) is 0 Å². The Labute approximate surface area is 126 Å². The second kappa shape index (κ2) is 7.56. The van der Waals surface area contributed by atoms with Crippen molar-refractivity contribution in [3.63, 3.8) is 0 Å². The van der Waals surface area contributed by atoms with Crippen LogP contribution in [0.15, 0.2) is 6.20 Å². The lowest BCUT2D eigenvalue weighted by atomic mass is 10.2. The molecule has 1 saturated heterocycles. The molecule has 1 atom stereocenters. The number of morpholine rings is 1. The van der Waals surface area contributed by atoms with Crippen LogP contribution in [0.5, 0.6) is 0 Å². The Morgan fingerprint density at radius 2 is 2.38 bits per heavy atom. The predicted molar refractivity (Wildman–Crippen MR) is 80.9 cm³/mol. The first-order valence-corrected chi connectivity index (χ1v) is 7.68. The number of aromatic nitrogens is 2. The molecule has 0 aromatic carbocycles. The minimum absolute atomic E-state index is 0.0351. The van der Waals surface area contributed by atoms with Crippen molar-refractivity contribution < 1.29 is 9.53 Å². The number of imidazole rings is 1. The molecule has 1 unspecified atom stereocenters. The molecular formula is C15H26N4O2. The molecule has 118 valence electrons. The van der Waals surface area contributed by atoms with Crippen molar-refractivity contribution >= 4 is 5.91 Å². The number of carbonyl (C=O) groups is 1. The van der Waals surface area contributed by atoms with Gasteiger partial charge in [0, 0.05) is 52.0 Å². The number of hydrogen-bond acceptors (Lipinski definition) is 4. The highest BCUT2D eigenvalue weighted by Crippen LogP contribution is 2.11. The van der Waals surface area contributed by atoms with Crippen molar-refractivity contribution in [3.8, 4) is 0 Å². The van der Waals surface area contributed by atoms with Gasteiger partial charge in [0.05, 0.1) is 6.61 Å². The normalized spacial score (nSPS) is 19.7. The molecule has 1 amide bonds. The minimum Gasteiger partial charge on any atom is -0.366 e. The number of hydrogen-bond donors (Lipinski definition) is 1. The molecule has 6 nitrogen and oxygen atoms in total. The number of aromatic amines is 1. The first-order valence-electron chi connectivity index (χ1n) is 7.68. The Bertz CT molecular complexity index is 458. The Balaban J connectivity index is 1.87. The third kappa shape index (κ3) is 4.54. The van der Waals surface area contributed by atoms with Crippen molar-refractivity contribution in [3.05, 3.63) is 17.7 Å². The number of H-pyrrole nitrogens is 1. The van der Waals surface area contributed by atoms with Gasteiger partial charge in [0.1, 0.15) is 11.9 Å². The summed E-state index contributed by atoms with van der Waals surface area (Å²) in [5, 5.41) is 0. The van der Waals surface area contributed by atoms with Crippen LogP contribution in [0.1, 0.15) is 31.3 Å². The van der Waals surface area contributed by atoms with Gasteiger partial charge in [-0.15, -0.1) is 0 Å². The van der Waals surface area contributed by atoms with Gasteiger partial charge in [-0.05, 0) is 6.42 Å². The topological polar surface area (TPSA) is 61.5 Å². The number of amides is 1. The van der Waals surface area contributed by atoms with Crippen LogP contribution < -0.4 is 0 Å². The summed E-state index contributed by atoms with van der Waals surface area (Å²) in [4.78, 5) is 23.6. The standard InChI is InChI=1S/C15H26N4O2/c1-4-5-6-14-16-9-12(17-14)10-19-7-8-21-13(11-19)15(20)18(2)3/h9,13H,4-8,10-11H2,1-3H3,(H,16,17). The van der Waals surface area contributed by atoms with Crippen LogP contribution in [-0.2, 0) is 22.5 Å². The molecule has 1 aliphatic heterocycles. The molecule has 1 fully saturated rings. The van der Waals surface area contributed by atoms with Gasteiger partial charge >= 0.3 is 0 Å². The van der Waals surface area contributed by atoms with E-state index in [1.807, 2.05) is 6.20 Å². The Kier molecular flexibility index (Phi) is 5.76. The van der Waals surface area contributed by atoms with Crippen LogP contribution in [-0.4, -0.2) is 65.6 Å². The van der Waals surface area contributed by atoms with Crippen molar-refractivity contribution in [2.75, 3.05) is 33.8 Å². The van der Waals surface area contributed by atoms with Crippen LogP contribution in [0.3, 0.4) is 0 Å². The summed E-state index contributed by atoms with van der Waals surface area (Å²) >= 11 is 0. The molecule has 1 aromatic rings. The molecule has 6 heteroatoms. The highest BCUT2D eigenvalue weighted by molar-refractivity contribution is 5.80. The van der Waals surface area contributed by atoms with Gasteiger partial charge in [0.15, 0.2) is 0 Å². The van der Waals surface area contributed by atoms with Crippen molar-refractivity contribution in [1.82, 2.24) is 19.8 Å². The highest BCUT2D eigenvalue weighted by Gasteiger charge is 2.27. The zero-order chi connectivity index (χ0) is 15.2. The molecule has 0 bridgehead atoms. The van der Waals surface area contributed by atoms with E-state index in [0.29, 0.717) is 13.2 Å². The van der Waals surface area contributed by atoms with E-state index in [9.17, 15) is 4.79 Å². The van der Waals surface area contributed by atoms with Crippen molar-refractivity contribution in [1.29, 1.82) is 0 Å². The van der Waals surface area contributed by atoms with Gasteiger partial charge in [0.2, 0.25) is 0 Å². The maximum atomic E-state index is 12.0. The number of nitrogens with zero attached hydrogens (tertiary/aromatic N) is 3. The monoisotopic (exact) mass is 294 g/mol. The van der Waals surface area contributed by atoms with Gasteiger partial charge in [-0.3, -0.25) is 9.69 Å². The predicted octanol–water partition coefficient (Wildman–Crippen LogP) is 1.04. The Morgan fingerprint density at radius 1 is 1.57 bits per heavy atom. The Morgan fingerprint density at radius 3 is 3.10 bits per heavy atom. The summed E-state index contributed by atoms with van der Waals surface area (Å²) < 4.78 is 5.57. The largest absolute Gasteiger partial charge is 0.366 e. The van der Waals surface area contributed by atoms with Gasteiger partial charge in [0.25, 0.3) is 5.91 Å². The molecule has 1 aromatic heterocycles. The van der Waals surface area contributed by atoms with E-state index in [4.69, 9.17) is 4.74 Å². The first kappa shape index (κ1) is 16.0. The van der Waals surface area contributed by atoms with E-state index < -0.39 is 0 Å². The second-order valence-corrected chi connectivity index (χ2v) is 5.79. The lowest BCUT2D eigenvalue weighted by Crippen LogP contribution is -2.49. The molecule has 21 heavy (non-hydrogen) atoms. The lowest BCUT2D eigenvalue weighted by Gasteiger charge is -2.32. The van der Waals surface area contributed by atoms with Gasteiger partial charge in [-0.1, -0.05) is 13.3 Å².